The lowest BCUT2D eigenvalue weighted by molar-refractivity contribution is 0.0553. The summed E-state index contributed by atoms with van der Waals surface area (Å²) in [4.78, 5) is 12.5. The normalized spacial score (nSPS) is 25.4. The molecule has 132 valence electrons. The quantitative estimate of drug-likeness (QED) is 0.894. The number of ether oxygens (including phenoxy) is 1. The highest BCUT2D eigenvalue weighted by molar-refractivity contribution is 5.91. The SMILES string of the molecule is Cc1ccc(-c2nnco2)cc1NC(=O)NC1CCCC2OCCC12. The molecule has 1 aliphatic heterocycles. The third kappa shape index (κ3) is 3.37. The first-order valence-corrected chi connectivity index (χ1v) is 8.77. The summed E-state index contributed by atoms with van der Waals surface area (Å²) < 4.78 is 11.0. The second kappa shape index (κ2) is 6.84. The lowest BCUT2D eigenvalue weighted by Crippen LogP contribution is -2.47. The van der Waals surface area contributed by atoms with Crippen molar-refractivity contribution in [3.8, 4) is 11.5 Å². The molecule has 7 heteroatoms. The molecule has 1 aromatic heterocycles. The first-order chi connectivity index (χ1) is 12.2. The lowest BCUT2D eigenvalue weighted by Gasteiger charge is -2.33. The number of fused-ring (bicyclic) bond motifs is 1. The van der Waals surface area contributed by atoms with E-state index in [1.54, 1.807) is 0 Å². The summed E-state index contributed by atoms with van der Waals surface area (Å²) in [6.07, 6.45) is 5.84. The third-order valence-electron chi connectivity index (χ3n) is 5.19. The minimum absolute atomic E-state index is 0.177. The summed E-state index contributed by atoms with van der Waals surface area (Å²) in [5.41, 5.74) is 2.49. The second-order valence-electron chi connectivity index (χ2n) is 6.77. The molecule has 25 heavy (non-hydrogen) atoms. The molecule has 2 aliphatic rings. The van der Waals surface area contributed by atoms with Gasteiger partial charge in [-0.3, -0.25) is 0 Å². The molecule has 2 fully saturated rings. The number of amides is 2. The molecule has 3 atom stereocenters. The number of aryl methyl sites for hydroxylation is 1. The van der Waals surface area contributed by atoms with E-state index in [9.17, 15) is 4.79 Å². The number of anilines is 1. The van der Waals surface area contributed by atoms with Crippen molar-refractivity contribution >= 4 is 11.7 Å². The van der Waals surface area contributed by atoms with E-state index < -0.39 is 0 Å². The fraction of sp³-hybridized carbons (Fsp3) is 0.500. The molecule has 0 bridgehead atoms. The van der Waals surface area contributed by atoms with Crippen LogP contribution in [0.2, 0.25) is 0 Å². The highest BCUT2D eigenvalue weighted by Crippen LogP contribution is 2.34. The van der Waals surface area contributed by atoms with E-state index in [0.717, 1.165) is 49.1 Å². The Morgan fingerprint density at radius 1 is 1.28 bits per heavy atom. The van der Waals surface area contributed by atoms with E-state index in [0.29, 0.717) is 17.9 Å². The van der Waals surface area contributed by atoms with Gasteiger partial charge >= 0.3 is 6.03 Å². The van der Waals surface area contributed by atoms with Crippen LogP contribution in [0, 0.1) is 12.8 Å². The van der Waals surface area contributed by atoms with Gasteiger partial charge in [0.05, 0.1) is 6.10 Å². The van der Waals surface area contributed by atoms with E-state index in [2.05, 4.69) is 20.8 Å². The molecular weight excluding hydrogens is 320 g/mol. The van der Waals surface area contributed by atoms with Gasteiger partial charge in [-0.1, -0.05) is 6.07 Å². The Hall–Kier alpha value is -2.41. The molecule has 2 heterocycles. The maximum atomic E-state index is 12.5. The molecule has 1 aromatic carbocycles. The monoisotopic (exact) mass is 342 g/mol. The van der Waals surface area contributed by atoms with Crippen LogP contribution in [0.1, 0.15) is 31.2 Å². The fourth-order valence-corrected chi connectivity index (χ4v) is 3.87. The van der Waals surface area contributed by atoms with Crippen LogP contribution in [0.25, 0.3) is 11.5 Å². The van der Waals surface area contributed by atoms with Crippen molar-refractivity contribution < 1.29 is 13.9 Å². The van der Waals surface area contributed by atoms with E-state index in [1.807, 2.05) is 25.1 Å². The fourth-order valence-electron chi connectivity index (χ4n) is 3.87. The van der Waals surface area contributed by atoms with Gasteiger partial charge in [-0.05, 0) is 50.3 Å². The number of carbonyl (C=O) groups is 1. The van der Waals surface area contributed by atoms with Gasteiger partial charge in [0.1, 0.15) is 0 Å². The number of urea groups is 1. The molecule has 1 saturated carbocycles. The number of nitrogens with zero attached hydrogens (tertiary/aromatic N) is 2. The number of aromatic nitrogens is 2. The average molecular weight is 342 g/mol. The van der Waals surface area contributed by atoms with Gasteiger partial charge in [-0.25, -0.2) is 4.79 Å². The van der Waals surface area contributed by atoms with E-state index in [4.69, 9.17) is 9.15 Å². The first-order valence-electron chi connectivity index (χ1n) is 8.77. The van der Waals surface area contributed by atoms with Crippen LogP contribution in [-0.2, 0) is 4.74 Å². The molecule has 7 nitrogen and oxygen atoms in total. The van der Waals surface area contributed by atoms with E-state index in [-0.39, 0.29) is 12.1 Å². The van der Waals surface area contributed by atoms with E-state index in [1.165, 1.54) is 6.39 Å². The van der Waals surface area contributed by atoms with Crippen molar-refractivity contribution in [3.63, 3.8) is 0 Å². The van der Waals surface area contributed by atoms with Gasteiger partial charge in [0, 0.05) is 29.8 Å². The van der Waals surface area contributed by atoms with Gasteiger partial charge in [-0.2, -0.15) is 0 Å². The minimum Gasteiger partial charge on any atom is -0.423 e. The molecule has 0 spiro atoms. The van der Waals surface area contributed by atoms with Gasteiger partial charge in [0.25, 0.3) is 0 Å². The third-order valence-corrected chi connectivity index (χ3v) is 5.19. The maximum Gasteiger partial charge on any atom is 0.319 e. The molecule has 1 saturated heterocycles. The predicted octanol–water partition coefficient (Wildman–Crippen LogP) is 3.12. The number of carbonyl (C=O) groups excluding carboxylic acids is 1. The van der Waals surface area contributed by atoms with Crippen LogP contribution in [0.4, 0.5) is 10.5 Å². The molecule has 2 N–H and O–H groups in total. The van der Waals surface area contributed by atoms with Crippen molar-refractivity contribution in [1.82, 2.24) is 15.5 Å². The van der Waals surface area contributed by atoms with Gasteiger partial charge in [0.2, 0.25) is 12.3 Å². The zero-order valence-electron chi connectivity index (χ0n) is 14.2. The van der Waals surface area contributed by atoms with Gasteiger partial charge in [-0.15, -0.1) is 10.2 Å². The predicted molar refractivity (Wildman–Crippen MR) is 92.1 cm³/mol. The van der Waals surface area contributed by atoms with Crippen molar-refractivity contribution in [2.24, 2.45) is 5.92 Å². The van der Waals surface area contributed by atoms with Crippen LogP contribution in [0.15, 0.2) is 29.0 Å². The van der Waals surface area contributed by atoms with Crippen LogP contribution in [-0.4, -0.2) is 35.0 Å². The Bertz CT molecular complexity index is 747. The molecule has 2 aromatic rings. The molecule has 1 aliphatic carbocycles. The standard InChI is InChI=1S/C18H22N4O3/c1-11-5-6-12(17-22-19-10-25-17)9-15(11)21-18(23)20-14-3-2-4-16-13(14)7-8-24-16/h5-6,9-10,13-14,16H,2-4,7-8H2,1H3,(H2,20,21,23). The molecule has 0 radical (unpaired) electrons. The van der Waals surface area contributed by atoms with Crippen LogP contribution < -0.4 is 10.6 Å². The zero-order valence-corrected chi connectivity index (χ0v) is 14.2. The summed E-state index contributed by atoms with van der Waals surface area (Å²) >= 11 is 0. The average Bonchev–Trinajstić information content (AvgIpc) is 3.28. The Labute approximate surface area is 146 Å². The van der Waals surface area contributed by atoms with Crippen molar-refractivity contribution in [2.45, 2.75) is 44.8 Å². The second-order valence-corrected chi connectivity index (χ2v) is 6.77. The summed E-state index contributed by atoms with van der Waals surface area (Å²) in [6.45, 7) is 2.76. The summed E-state index contributed by atoms with van der Waals surface area (Å²) in [5.74, 6) is 0.868. The number of benzene rings is 1. The van der Waals surface area contributed by atoms with Crippen molar-refractivity contribution in [2.75, 3.05) is 11.9 Å². The minimum atomic E-state index is -0.177. The lowest BCUT2D eigenvalue weighted by atomic mass is 9.82. The smallest absolute Gasteiger partial charge is 0.319 e. The first kappa shape index (κ1) is 16.1. The van der Waals surface area contributed by atoms with Crippen molar-refractivity contribution in [1.29, 1.82) is 0 Å². The molecule has 4 rings (SSSR count). The Balaban J connectivity index is 1.44. The highest BCUT2D eigenvalue weighted by Gasteiger charge is 2.38. The molecule has 2 amide bonds. The van der Waals surface area contributed by atoms with E-state index >= 15 is 0 Å². The molecule has 3 unspecified atom stereocenters. The number of hydrogen-bond acceptors (Lipinski definition) is 5. The maximum absolute atomic E-state index is 12.5. The molecular formula is C18H22N4O3. The van der Waals surface area contributed by atoms with Crippen LogP contribution >= 0.6 is 0 Å². The zero-order chi connectivity index (χ0) is 17.2. The largest absolute Gasteiger partial charge is 0.423 e. The van der Waals surface area contributed by atoms with Gasteiger partial charge < -0.3 is 19.8 Å². The van der Waals surface area contributed by atoms with Crippen LogP contribution in [0.3, 0.4) is 0 Å². The Kier molecular flexibility index (Phi) is 4.40. The number of nitrogens with one attached hydrogen (secondary N) is 2. The summed E-state index contributed by atoms with van der Waals surface area (Å²) in [5, 5.41) is 13.7. The summed E-state index contributed by atoms with van der Waals surface area (Å²) in [6, 6.07) is 5.68. The summed E-state index contributed by atoms with van der Waals surface area (Å²) in [7, 11) is 0. The Morgan fingerprint density at radius 2 is 2.20 bits per heavy atom. The number of hydrogen-bond donors (Lipinski definition) is 2. The Morgan fingerprint density at radius 3 is 3.04 bits per heavy atom. The highest BCUT2D eigenvalue weighted by atomic mass is 16.5. The van der Waals surface area contributed by atoms with Gasteiger partial charge in [0.15, 0.2) is 0 Å². The topological polar surface area (TPSA) is 89.3 Å². The number of rotatable bonds is 3. The van der Waals surface area contributed by atoms with Crippen LogP contribution in [0.5, 0.6) is 0 Å². The van der Waals surface area contributed by atoms with Crippen molar-refractivity contribution in [3.05, 3.63) is 30.2 Å².